The number of rotatable bonds is 7. The summed E-state index contributed by atoms with van der Waals surface area (Å²) in [5, 5.41) is 2.68. The summed E-state index contributed by atoms with van der Waals surface area (Å²) >= 11 is 1.19. The van der Waals surface area contributed by atoms with Gasteiger partial charge in [0.15, 0.2) is 6.10 Å². The third-order valence-electron chi connectivity index (χ3n) is 3.97. The van der Waals surface area contributed by atoms with Crippen molar-refractivity contribution in [3.8, 4) is 0 Å². The van der Waals surface area contributed by atoms with Crippen LogP contribution in [0.4, 0.5) is 4.79 Å². The maximum Gasteiger partial charge on any atom is 0.326 e. The van der Waals surface area contributed by atoms with Crippen LogP contribution in [0.25, 0.3) is 0 Å². The number of hydrogen-bond donors (Lipinski definition) is 1. The Balaban J connectivity index is 1.64. The lowest BCUT2D eigenvalue weighted by Gasteiger charge is -2.17. The Bertz CT molecular complexity index is 492. The summed E-state index contributed by atoms with van der Waals surface area (Å²) in [6, 6.07) is 0. The van der Waals surface area contributed by atoms with Gasteiger partial charge in [0, 0.05) is 18.8 Å². The molecular weight excluding hydrogens is 316 g/mol. The molecule has 128 valence electrons. The second-order valence-electron chi connectivity index (χ2n) is 5.82. The molecule has 6 nitrogen and oxygen atoms in total. The number of carbonyl (C=O) groups is 3. The zero-order valence-electron chi connectivity index (χ0n) is 13.5. The van der Waals surface area contributed by atoms with E-state index in [0.29, 0.717) is 18.8 Å². The van der Waals surface area contributed by atoms with Gasteiger partial charge in [-0.3, -0.25) is 14.4 Å². The van der Waals surface area contributed by atoms with E-state index in [-0.39, 0.29) is 17.7 Å². The SMILES string of the molecule is C[C@H](OC(=O)CN1CCSC1=O)C(=O)NCCC1=CCCCC1. The van der Waals surface area contributed by atoms with Crippen LogP contribution >= 0.6 is 11.8 Å². The lowest BCUT2D eigenvalue weighted by molar-refractivity contribution is -0.155. The highest BCUT2D eigenvalue weighted by molar-refractivity contribution is 8.13. The number of hydrogen-bond acceptors (Lipinski definition) is 5. The summed E-state index contributed by atoms with van der Waals surface area (Å²) in [5.74, 6) is -0.145. The standard InChI is InChI=1S/C16H24N2O4S/c1-12(22-14(19)11-18-9-10-23-16(18)21)15(20)17-8-7-13-5-3-2-4-6-13/h5,12H,2-4,6-11H2,1H3,(H,17,20)/t12-/m0/s1. The van der Waals surface area contributed by atoms with Crippen LogP contribution in [0.1, 0.15) is 39.0 Å². The fourth-order valence-corrected chi connectivity index (χ4v) is 3.46. The van der Waals surface area contributed by atoms with Crippen LogP contribution in [0.2, 0.25) is 0 Å². The zero-order valence-corrected chi connectivity index (χ0v) is 14.3. The monoisotopic (exact) mass is 340 g/mol. The van der Waals surface area contributed by atoms with Gasteiger partial charge in [0.1, 0.15) is 6.54 Å². The second kappa shape index (κ2) is 8.96. The van der Waals surface area contributed by atoms with Gasteiger partial charge in [-0.25, -0.2) is 0 Å². The molecular formula is C16H24N2O4S. The molecule has 0 radical (unpaired) electrons. The Morgan fingerprint density at radius 3 is 2.91 bits per heavy atom. The van der Waals surface area contributed by atoms with E-state index in [1.165, 1.54) is 35.1 Å². The molecule has 7 heteroatoms. The van der Waals surface area contributed by atoms with Gasteiger partial charge < -0.3 is 15.0 Å². The summed E-state index contributed by atoms with van der Waals surface area (Å²) in [5.41, 5.74) is 1.39. The number of allylic oxidation sites excluding steroid dienone is 1. The van der Waals surface area contributed by atoms with E-state index in [0.717, 1.165) is 19.3 Å². The Morgan fingerprint density at radius 2 is 2.26 bits per heavy atom. The van der Waals surface area contributed by atoms with Crippen LogP contribution in [0.15, 0.2) is 11.6 Å². The summed E-state index contributed by atoms with van der Waals surface area (Å²) in [7, 11) is 0. The molecule has 23 heavy (non-hydrogen) atoms. The minimum Gasteiger partial charge on any atom is -0.451 e. The van der Waals surface area contributed by atoms with Crippen molar-refractivity contribution < 1.29 is 19.1 Å². The quantitative estimate of drug-likeness (QED) is 0.567. The maximum absolute atomic E-state index is 11.9. The van der Waals surface area contributed by atoms with Crippen molar-refractivity contribution in [1.29, 1.82) is 0 Å². The Hall–Kier alpha value is -1.50. The fraction of sp³-hybridized carbons (Fsp3) is 0.688. The Morgan fingerprint density at radius 1 is 1.43 bits per heavy atom. The summed E-state index contributed by atoms with van der Waals surface area (Å²) in [6.45, 7) is 2.58. The summed E-state index contributed by atoms with van der Waals surface area (Å²) < 4.78 is 5.10. The van der Waals surface area contributed by atoms with Crippen molar-refractivity contribution in [3.63, 3.8) is 0 Å². The molecule has 1 atom stereocenters. The van der Waals surface area contributed by atoms with E-state index in [2.05, 4.69) is 11.4 Å². The van der Waals surface area contributed by atoms with E-state index >= 15 is 0 Å². The third-order valence-corrected chi connectivity index (χ3v) is 4.86. The van der Waals surface area contributed by atoms with E-state index in [1.807, 2.05) is 0 Å². The Labute approximate surface area is 141 Å². The van der Waals surface area contributed by atoms with Crippen molar-refractivity contribution in [3.05, 3.63) is 11.6 Å². The number of nitrogens with zero attached hydrogens (tertiary/aromatic N) is 1. The molecule has 0 aromatic heterocycles. The van der Waals surface area contributed by atoms with Gasteiger partial charge in [0.05, 0.1) is 0 Å². The molecule has 2 rings (SSSR count). The topological polar surface area (TPSA) is 75.7 Å². The van der Waals surface area contributed by atoms with E-state index in [4.69, 9.17) is 4.74 Å². The highest BCUT2D eigenvalue weighted by atomic mass is 32.2. The number of carbonyl (C=O) groups excluding carboxylic acids is 3. The van der Waals surface area contributed by atoms with E-state index in [9.17, 15) is 14.4 Å². The van der Waals surface area contributed by atoms with Gasteiger partial charge in [-0.2, -0.15) is 0 Å². The molecule has 0 bridgehead atoms. The van der Waals surface area contributed by atoms with Crippen molar-refractivity contribution in [2.45, 2.75) is 45.1 Å². The van der Waals surface area contributed by atoms with Gasteiger partial charge in [-0.1, -0.05) is 23.4 Å². The maximum atomic E-state index is 11.9. The zero-order chi connectivity index (χ0) is 16.7. The average Bonchev–Trinajstić information content (AvgIpc) is 2.93. The number of esters is 1. The third kappa shape index (κ3) is 5.89. The molecule has 1 aliphatic carbocycles. The largest absolute Gasteiger partial charge is 0.451 e. The smallest absolute Gasteiger partial charge is 0.326 e. The van der Waals surface area contributed by atoms with Crippen molar-refractivity contribution in [2.24, 2.45) is 0 Å². The number of amides is 2. The van der Waals surface area contributed by atoms with Crippen molar-refractivity contribution >= 4 is 28.9 Å². The van der Waals surface area contributed by atoms with Gasteiger partial charge in [-0.05, 0) is 39.0 Å². The fourth-order valence-electron chi connectivity index (χ4n) is 2.63. The van der Waals surface area contributed by atoms with Crippen molar-refractivity contribution in [1.82, 2.24) is 10.2 Å². The molecule has 1 fully saturated rings. The first kappa shape index (κ1) is 17.8. The van der Waals surface area contributed by atoms with Crippen LogP contribution in [-0.4, -0.2) is 53.5 Å². The van der Waals surface area contributed by atoms with E-state index < -0.39 is 12.1 Å². The summed E-state index contributed by atoms with van der Waals surface area (Å²) in [6.07, 6.45) is 6.99. The normalized spacial score (nSPS) is 19.3. The molecule has 0 aromatic carbocycles. The highest BCUT2D eigenvalue weighted by Gasteiger charge is 2.25. The highest BCUT2D eigenvalue weighted by Crippen LogP contribution is 2.19. The molecule has 0 saturated carbocycles. The average molecular weight is 340 g/mol. The first-order valence-electron chi connectivity index (χ1n) is 8.13. The minimum atomic E-state index is -0.840. The predicted molar refractivity (Wildman–Crippen MR) is 89.2 cm³/mol. The molecule has 0 unspecified atom stereocenters. The number of ether oxygens (including phenoxy) is 1. The summed E-state index contributed by atoms with van der Waals surface area (Å²) in [4.78, 5) is 36.6. The van der Waals surface area contributed by atoms with Gasteiger partial charge in [0.2, 0.25) is 0 Å². The first-order chi connectivity index (χ1) is 11.1. The number of nitrogens with one attached hydrogen (secondary N) is 1. The van der Waals surface area contributed by atoms with Crippen LogP contribution in [-0.2, 0) is 14.3 Å². The molecule has 2 amide bonds. The molecule has 1 aliphatic heterocycles. The minimum absolute atomic E-state index is 0.0870. The molecule has 0 aromatic rings. The van der Waals surface area contributed by atoms with Crippen LogP contribution < -0.4 is 5.32 Å². The molecule has 1 N–H and O–H groups in total. The lowest BCUT2D eigenvalue weighted by atomic mass is 9.97. The van der Waals surface area contributed by atoms with Crippen LogP contribution in [0, 0.1) is 0 Å². The second-order valence-corrected chi connectivity index (χ2v) is 6.86. The van der Waals surface area contributed by atoms with Gasteiger partial charge >= 0.3 is 5.97 Å². The predicted octanol–water partition coefficient (Wildman–Crippen LogP) is 2.09. The van der Waals surface area contributed by atoms with Crippen molar-refractivity contribution in [2.75, 3.05) is 25.4 Å². The van der Waals surface area contributed by atoms with E-state index in [1.54, 1.807) is 6.92 Å². The number of thioether (sulfide) groups is 1. The molecule has 2 aliphatic rings. The van der Waals surface area contributed by atoms with Gasteiger partial charge in [-0.15, -0.1) is 0 Å². The lowest BCUT2D eigenvalue weighted by Crippen LogP contribution is -2.39. The Kier molecular flexibility index (Phi) is 6.95. The first-order valence-corrected chi connectivity index (χ1v) is 9.11. The van der Waals surface area contributed by atoms with Gasteiger partial charge in [0.25, 0.3) is 11.1 Å². The van der Waals surface area contributed by atoms with Crippen LogP contribution in [0.3, 0.4) is 0 Å². The molecule has 1 saturated heterocycles. The van der Waals surface area contributed by atoms with Crippen LogP contribution in [0.5, 0.6) is 0 Å². The molecule has 1 heterocycles. The molecule has 0 spiro atoms.